The third kappa shape index (κ3) is 16.8. The van der Waals surface area contributed by atoms with Crippen molar-refractivity contribution in [3.63, 3.8) is 0 Å². The summed E-state index contributed by atoms with van der Waals surface area (Å²) >= 11 is 0. The third-order valence-corrected chi connectivity index (χ3v) is 20.5. The molecule has 9 aliphatic heterocycles. The normalized spacial score (nSPS) is 31.2. The van der Waals surface area contributed by atoms with Crippen molar-refractivity contribution in [1.82, 2.24) is 34.7 Å². The molecule has 0 aromatic heterocycles. The number of ether oxygens (including phenoxy) is 3. The molecule has 13 nitrogen and oxygen atoms in total. The summed E-state index contributed by atoms with van der Waals surface area (Å²) < 4.78 is 17.4. The fraction of sp³-hybridized carbons (Fsp3) is 0.968. The highest BCUT2D eigenvalue weighted by Gasteiger charge is 2.51. The summed E-state index contributed by atoms with van der Waals surface area (Å²) in [7, 11) is 3.72. The van der Waals surface area contributed by atoms with Crippen LogP contribution in [0.1, 0.15) is 220 Å². The quantitative estimate of drug-likeness (QED) is 0.262. The highest BCUT2D eigenvalue weighted by molar-refractivity contribution is 5.79. The molecule has 1 aliphatic carbocycles. The first-order chi connectivity index (χ1) is 35.0. The minimum Gasteiger partial charge on any atom is -0.391 e. The molecule has 0 bridgehead atoms. The SMILES string of the molecule is CC(C)(C)N1CC2(CCC2)C1.CC(C)(C)N1CCC2(CCC(O)CO2)CC1.CC1CC2(CCN1C(C)(C)C)CNC(=O)C2.CN1CC2(CCN(C(C)(C)C)CC2)CC1=O.COC1CCC2(CCN(C(C)(C)C)CC2)OC1. The van der Waals surface area contributed by atoms with E-state index in [1.807, 2.05) is 11.9 Å². The van der Waals surface area contributed by atoms with Gasteiger partial charge in [0.2, 0.25) is 11.8 Å². The van der Waals surface area contributed by atoms with E-state index in [0.717, 1.165) is 116 Å². The first-order valence-corrected chi connectivity index (χ1v) is 30.8. The van der Waals surface area contributed by atoms with E-state index < -0.39 is 0 Å². The summed E-state index contributed by atoms with van der Waals surface area (Å²) in [6, 6.07) is 0.585. The van der Waals surface area contributed by atoms with Crippen molar-refractivity contribution >= 4 is 11.8 Å². The van der Waals surface area contributed by atoms with E-state index in [1.54, 1.807) is 7.11 Å². The molecule has 10 rings (SSSR count). The fourth-order valence-corrected chi connectivity index (χ4v) is 14.7. The number of nitrogens with zero attached hydrogens (tertiary/aromatic N) is 6. The number of amides is 2. The van der Waals surface area contributed by atoms with Crippen LogP contribution in [0.25, 0.3) is 0 Å². The van der Waals surface area contributed by atoms with Gasteiger partial charge in [-0.15, -0.1) is 0 Å². The molecule has 0 radical (unpaired) electrons. The number of nitrogens with one attached hydrogen (secondary N) is 1. The molecule has 1 saturated carbocycles. The lowest BCUT2D eigenvalue weighted by Crippen LogP contribution is -2.64. The van der Waals surface area contributed by atoms with Gasteiger partial charge < -0.3 is 29.5 Å². The minimum absolute atomic E-state index is 0.0843. The predicted molar refractivity (Wildman–Crippen MR) is 312 cm³/mol. The van der Waals surface area contributed by atoms with Crippen molar-refractivity contribution in [3.8, 4) is 0 Å². The van der Waals surface area contributed by atoms with Crippen LogP contribution >= 0.6 is 0 Å². The minimum atomic E-state index is -0.230. The lowest BCUT2D eigenvalue weighted by Gasteiger charge is -2.60. The third-order valence-electron chi connectivity index (χ3n) is 20.5. The van der Waals surface area contributed by atoms with Crippen molar-refractivity contribution in [3.05, 3.63) is 0 Å². The Morgan fingerprint density at radius 3 is 1.33 bits per heavy atom. The number of carbonyl (C=O) groups excluding carboxylic acids is 2. The van der Waals surface area contributed by atoms with Crippen LogP contribution in [0.2, 0.25) is 0 Å². The zero-order chi connectivity index (χ0) is 56.4. The Balaban J connectivity index is 0.000000155. The summed E-state index contributed by atoms with van der Waals surface area (Å²) in [6.07, 6.45) is 19.7. The number of hydrogen-bond acceptors (Lipinski definition) is 11. The molecule has 10 fully saturated rings. The van der Waals surface area contributed by atoms with Crippen LogP contribution in [0.5, 0.6) is 0 Å². The molecule has 9 heterocycles. The molecule has 10 aliphatic rings. The second-order valence-electron chi connectivity index (χ2n) is 31.5. The van der Waals surface area contributed by atoms with E-state index in [2.05, 4.69) is 141 Å². The van der Waals surface area contributed by atoms with Crippen LogP contribution in [0.15, 0.2) is 0 Å². The van der Waals surface area contributed by atoms with E-state index in [0.29, 0.717) is 41.2 Å². The number of likely N-dealkylation sites (tertiary alicyclic amines) is 6. The highest BCUT2D eigenvalue weighted by atomic mass is 16.5. The van der Waals surface area contributed by atoms with Gasteiger partial charge in [0.15, 0.2) is 0 Å². The maximum Gasteiger partial charge on any atom is 0.222 e. The van der Waals surface area contributed by atoms with Crippen molar-refractivity contribution < 1.29 is 28.9 Å². The number of carbonyl (C=O) groups is 2. The smallest absolute Gasteiger partial charge is 0.222 e. The zero-order valence-electron chi connectivity index (χ0n) is 52.6. The van der Waals surface area contributed by atoms with Crippen molar-refractivity contribution in [1.29, 1.82) is 0 Å². The van der Waals surface area contributed by atoms with E-state index in [4.69, 9.17) is 14.2 Å². The Labute approximate surface area is 466 Å². The summed E-state index contributed by atoms with van der Waals surface area (Å²) in [5.41, 5.74) is 3.12. The molecule has 0 aromatic carbocycles. The molecule has 13 heteroatoms. The number of rotatable bonds is 1. The van der Waals surface area contributed by atoms with E-state index in [-0.39, 0.29) is 45.2 Å². The maximum atomic E-state index is 11.6. The maximum absolute atomic E-state index is 11.6. The second kappa shape index (κ2) is 24.6. The Morgan fingerprint density at radius 1 is 0.539 bits per heavy atom. The van der Waals surface area contributed by atoms with Gasteiger partial charge in [0.25, 0.3) is 0 Å². The van der Waals surface area contributed by atoms with Crippen molar-refractivity contribution in [2.75, 3.05) is 99.4 Å². The van der Waals surface area contributed by atoms with Gasteiger partial charge >= 0.3 is 0 Å². The molecule has 9 saturated heterocycles. The zero-order valence-corrected chi connectivity index (χ0v) is 52.6. The summed E-state index contributed by atoms with van der Waals surface area (Å²) in [5, 5.41) is 12.5. The van der Waals surface area contributed by atoms with Gasteiger partial charge in [-0.2, -0.15) is 0 Å². The van der Waals surface area contributed by atoms with E-state index in [9.17, 15) is 14.7 Å². The first kappa shape index (κ1) is 63.8. The van der Waals surface area contributed by atoms with Crippen LogP contribution in [-0.2, 0) is 23.8 Å². The van der Waals surface area contributed by atoms with Crippen LogP contribution in [-0.4, -0.2) is 203 Å². The van der Waals surface area contributed by atoms with Crippen molar-refractivity contribution in [2.24, 2.45) is 16.2 Å². The van der Waals surface area contributed by atoms with E-state index in [1.165, 1.54) is 77.5 Å². The van der Waals surface area contributed by atoms with Crippen LogP contribution in [0, 0.1) is 16.2 Å². The molecular formula is C63H119N7O6. The Hall–Kier alpha value is -1.42. The monoisotopic (exact) mass is 1070 g/mol. The predicted octanol–water partition coefficient (Wildman–Crippen LogP) is 10.0. The summed E-state index contributed by atoms with van der Waals surface area (Å²) in [6.45, 7) is 50.6. The van der Waals surface area contributed by atoms with Gasteiger partial charge in [0.1, 0.15) is 0 Å². The molecule has 2 N–H and O–H groups in total. The first-order valence-electron chi connectivity index (χ1n) is 30.8. The van der Waals surface area contributed by atoms with Gasteiger partial charge in [-0.25, -0.2) is 0 Å². The molecular weight excluding hydrogens is 951 g/mol. The largest absolute Gasteiger partial charge is 0.391 e. The topological polar surface area (TPSA) is 114 Å². The van der Waals surface area contributed by atoms with Gasteiger partial charge in [-0.1, -0.05) is 6.42 Å². The van der Waals surface area contributed by atoms with Crippen LogP contribution in [0.4, 0.5) is 0 Å². The van der Waals surface area contributed by atoms with Crippen LogP contribution in [0.3, 0.4) is 0 Å². The fourth-order valence-electron chi connectivity index (χ4n) is 14.7. The van der Waals surface area contributed by atoms with Gasteiger partial charge in [-0.3, -0.25) is 34.1 Å². The van der Waals surface area contributed by atoms with Gasteiger partial charge in [0.05, 0.1) is 36.6 Å². The summed E-state index contributed by atoms with van der Waals surface area (Å²) in [4.78, 5) is 37.7. The number of piperidine rings is 4. The Morgan fingerprint density at radius 2 is 1.00 bits per heavy atom. The molecule has 0 aromatic rings. The Bertz CT molecular complexity index is 1820. The van der Waals surface area contributed by atoms with E-state index >= 15 is 0 Å². The second-order valence-corrected chi connectivity index (χ2v) is 31.5. The number of aliphatic hydroxyl groups excluding tert-OH is 1. The molecule has 4 atom stereocenters. The highest BCUT2D eigenvalue weighted by Crippen LogP contribution is 2.50. The number of hydrogen-bond donors (Lipinski definition) is 2. The Kier molecular flexibility index (Phi) is 20.6. The van der Waals surface area contributed by atoms with Crippen molar-refractivity contribution in [2.45, 2.75) is 277 Å². The molecule has 5 spiro atoms. The van der Waals surface area contributed by atoms with Crippen LogP contribution < -0.4 is 5.32 Å². The average Bonchev–Trinajstić information content (AvgIpc) is 3.78. The molecule has 4 unspecified atom stereocenters. The average molecular weight is 1070 g/mol. The molecule has 442 valence electrons. The summed E-state index contributed by atoms with van der Waals surface area (Å²) in [5.74, 6) is 0.584. The molecule has 76 heavy (non-hydrogen) atoms. The number of aliphatic hydroxyl groups is 1. The number of methoxy groups -OCH3 is 1. The van der Waals surface area contributed by atoms with Gasteiger partial charge in [-0.05, 0) is 237 Å². The lowest BCUT2D eigenvalue weighted by atomic mass is 9.62. The van der Waals surface area contributed by atoms with Gasteiger partial charge in [0, 0.05) is 113 Å². The lowest BCUT2D eigenvalue weighted by molar-refractivity contribution is -0.158. The molecule has 2 amide bonds. The standard InChI is InChI=1S/C14H27NO2.2C13H24N2O.C13H25NO2.C10H19N/c1-13(2,3)15-9-7-14(8-10-15)6-5-12(16-4)11-17-14;1-12(2,3)15-7-5-13(6-8-15)9-11(16)14(4)10-13;1-10-7-13(8-11(16)14-9-13)5-6-15(10)12(2,3)4;1-12(2,3)14-8-6-13(7-9-14)5-4-11(15)10-16-13;1-9(2,3)11-7-10(8-11)5-4-6-10/h12H,5-11H2,1-4H3;5-10H2,1-4H3;10H,5-9H2,1-4H3,(H,14,16);11,15H,4-10H2,1-3H3;4-8H2,1-3H3.